The molecule has 0 bridgehead atoms. The van der Waals surface area contributed by atoms with Gasteiger partial charge in [0.15, 0.2) is 0 Å². The highest BCUT2D eigenvalue weighted by Crippen LogP contribution is 2.16. The lowest BCUT2D eigenvalue weighted by Crippen LogP contribution is -1.97. The van der Waals surface area contributed by atoms with Crippen molar-refractivity contribution < 1.29 is 4.74 Å². The maximum absolute atomic E-state index is 5.89. The Morgan fingerprint density at radius 2 is 0.318 bits per heavy atom. The Labute approximate surface area is 281 Å². The Kier molecular flexibility index (Phi) is 42.9. The van der Waals surface area contributed by atoms with Gasteiger partial charge >= 0.3 is 0 Å². The van der Waals surface area contributed by atoms with Gasteiger partial charge in [-0.2, -0.15) is 0 Å². The highest BCUT2D eigenvalue weighted by molar-refractivity contribution is 4.53. The fraction of sp³-hybridized carbons (Fsp3) is 1.00. The highest BCUT2D eigenvalue weighted by Gasteiger charge is 1.98. The van der Waals surface area contributed by atoms with Crippen LogP contribution in [0.15, 0.2) is 0 Å². The summed E-state index contributed by atoms with van der Waals surface area (Å²) in [6, 6.07) is 0. The number of ether oxygens (including phenoxy) is 1. The lowest BCUT2D eigenvalue weighted by Gasteiger charge is -2.06. The van der Waals surface area contributed by atoms with Crippen LogP contribution >= 0.6 is 0 Å². The fourth-order valence-electron chi connectivity index (χ4n) is 6.84. The van der Waals surface area contributed by atoms with E-state index in [4.69, 9.17) is 4.74 Å². The van der Waals surface area contributed by atoms with Gasteiger partial charge in [0.2, 0.25) is 0 Å². The van der Waals surface area contributed by atoms with Crippen LogP contribution in [0.5, 0.6) is 0 Å². The molecule has 0 saturated carbocycles. The van der Waals surface area contributed by atoms with Crippen LogP contribution in [-0.4, -0.2) is 13.2 Å². The molecule has 0 fully saturated rings. The monoisotopic (exact) mass is 621 g/mol. The van der Waals surface area contributed by atoms with Gasteiger partial charge in [0.05, 0.1) is 0 Å². The minimum atomic E-state index is 0.997. The lowest BCUT2D eigenvalue weighted by molar-refractivity contribution is 0.125. The number of hydrogen-bond acceptors (Lipinski definition) is 1. The Balaban J connectivity index is 3.03. The molecule has 0 radical (unpaired) electrons. The first-order valence-electron chi connectivity index (χ1n) is 21.5. The van der Waals surface area contributed by atoms with Gasteiger partial charge in [-0.3, -0.25) is 0 Å². The molecule has 0 N–H and O–H groups in total. The molecule has 1 nitrogen and oxygen atoms in total. The van der Waals surface area contributed by atoms with Crippen molar-refractivity contribution in [2.75, 3.05) is 13.2 Å². The van der Waals surface area contributed by atoms with Crippen LogP contribution in [0.4, 0.5) is 0 Å². The standard InChI is InChI=1S/C43H88O/c1-3-5-7-9-11-13-15-17-18-19-20-21-22-23-24-25-26-27-28-29-31-33-35-37-39-41-43-44-42-40-38-36-34-32-30-16-14-12-10-8-6-4-2/h3-43H2,1-2H3. The van der Waals surface area contributed by atoms with E-state index in [1.807, 2.05) is 0 Å². The van der Waals surface area contributed by atoms with Crippen molar-refractivity contribution in [1.82, 2.24) is 0 Å². The summed E-state index contributed by atoms with van der Waals surface area (Å²) in [6.07, 6.45) is 56.5. The molecule has 0 rings (SSSR count). The third kappa shape index (κ3) is 42.0. The molecule has 0 aromatic heterocycles. The van der Waals surface area contributed by atoms with Gasteiger partial charge in [0.1, 0.15) is 0 Å². The fourth-order valence-corrected chi connectivity index (χ4v) is 6.84. The van der Waals surface area contributed by atoms with E-state index < -0.39 is 0 Å². The number of rotatable bonds is 41. The second-order valence-corrected chi connectivity index (χ2v) is 14.7. The molecule has 0 unspecified atom stereocenters. The van der Waals surface area contributed by atoms with Crippen LogP contribution < -0.4 is 0 Å². The molecule has 0 amide bonds. The van der Waals surface area contributed by atoms with Crippen molar-refractivity contribution >= 4 is 0 Å². The molecule has 1 heteroatoms. The normalized spacial score (nSPS) is 11.6. The van der Waals surface area contributed by atoms with Crippen LogP contribution in [0.1, 0.15) is 264 Å². The molecule has 0 saturated heterocycles. The largest absolute Gasteiger partial charge is 0.381 e. The topological polar surface area (TPSA) is 9.23 Å². The molecule has 0 aliphatic rings. The minimum absolute atomic E-state index is 0.997. The average molecular weight is 621 g/mol. The predicted octanol–water partition coefficient (Wildman–Crippen LogP) is 16.3. The van der Waals surface area contributed by atoms with Crippen molar-refractivity contribution in [3.05, 3.63) is 0 Å². The van der Waals surface area contributed by atoms with E-state index in [1.165, 1.54) is 250 Å². The first-order valence-corrected chi connectivity index (χ1v) is 21.5. The van der Waals surface area contributed by atoms with Crippen LogP contribution in [0.2, 0.25) is 0 Å². The molecule has 0 aliphatic carbocycles. The van der Waals surface area contributed by atoms with E-state index in [-0.39, 0.29) is 0 Å². The zero-order valence-electron chi connectivity index (χ0n) is 31.4. The van der Waals surface area contributed by atoms with E-state index >= 15 is 0 Å². The van der Waals surface area contributed by atoms with Crippen molar-refractivity contribution in [3.8, 4) is 0 Å². The molecule has 0 heterocycles. The summed E-state index contributed by atoms with van der Waals surface area (Å²) >= 11 is 0. The maximum Gasteiger partial charge on any atom is 0.0466 e. The van der Waals surface area contributed by atoms with Gasteiger partial charge in [-0.15, -0.1) is 0 Å². The van der Waals surface area contributed by atoms with E-state index in [9.17, 15) is 0 Å². The van der Waals surface area contributed by atoms with E-state index in [0.717, 1.165) is 13.2 Å². The minimum Gasteiger partial charge on any atom is -0.381 e. The van der Waals surface area contributed by atoms with Gasteiger partial charge < -0.3 is 4.74 Å². The van der Waals surface area contributed by atoms with Crippen LogP contribution in [0.25, 0.3) is 0 Å². The van der Waals surface area contributed by atoms with Crippen LogP contribution in [0, 0.1) is 0 Å². The average Bonchev–Trinajstić information content (AvgIpc) is 3.04. The second kappa shape index (κ2) is 43.0. The maximum atomic E-state index is 5.89. The Morgan fingerprint density at radius 3 is 0.477 bits per heavy atom. The molecule has 266 valence electrons. The molecule has 0 aliphatic heterocycles. The van der Waals surface area contributed by atoms with Gasteiger partial charge in [-0.1, -0.05) is 251 Å². The Hall–Kier alpha value is -0.0400. The van der Waals surface area contributed by atoms with Crippen molar-refractivity contribution in [1.29, 1.82) is 0 Å². The highest BCUT2D eigenvalue weighted by atomic mass is 16.5. The summed E-state index contributed by atoms with van der Waals surface area (Å²) in [6.45, 7) is 6.61. The quantitative estimate of drug-likeness (QED) is 0.0618. The number of hydrogen-bond donors (Lipinski definition) is 0. The first-order chi connectivity index (χ1) is 21.9. The Morgan fingerprint density at radius 1 is 0.182 bits per heavy atom. The summed E-state index contributed by atoms with van der Waals surface area (Å²) in [4.78, 5) is 0. The zero-order valence-corrected chi connectivity index (χ0v) is 31.4. The molecular weight excluding hydrogens is 532 g/mol. The molecule has 44 heavy (non-hydrogen) atoms. The van der Waals surface area contributed by atoms with Crippen LogP contribution in [0.3, 0.4) is 0 Å². The zero-order chi connectivity index (χ0) is 31.7. The smallest absolute Gasteiger partial charge is 0.0466 e. The SMILES string of the molecule is CCCCCCCCCCCCCCCCCCCCCCCCCCCCOCCCCCCCCCCCCCCC. The van der Waals surface area contributed by atoms with E-state index in [2.05, 4.69) is 13.8 Å². The Bertz CT molecular complexity index is 418. The molecule has 0 spiro atoms. The summed E-state index contributed by atoms with van der Waals surface area (Å²) in [7, 11) is 0. The summed E-state index contributed by atoms with van der Waals surface area (Å²) in [5.41, 5.74) is 0. The van der Waals surface area contributed by atoms with E-state index in [1.54, 1.807) is 0 Å². The van der Waals surface area contributed by atoms with E-state index in [0.29, 0.717) is 0 Å². The molecule has 0 atom stereocenters. The van der Waals surface area contributed by atoms with Gasteiger partial charge in [-0.25, -0.2) is 0 Å². The second-order valence-electron chi connectivity index (χ2n) is 14.7. The third-order valence-corrected chi connectivity index (χ3v) is 10.0. The predicted molar refractivity (Wildman–Crippen MR) is 202 cm³/mol. The summed E-state index contributed by atoms with van der Waals surface area (Å²) in [5, 5.41) is 0. The van der Waals surface area contributed by atoms with Crippen molar-refractivity contribution in [2.45, 2.75) is 264 Å². The van der Waals surface area contributed by atoms with Gasteiger partial charge in [-0.05, 0) is 12.8 Å². The van der Waals surface area contributed by atoms with Gasteiger partial charge in [0.25, 0.3) is 0 Å². The molecular formula is C43H88O. The first kappa shape index (κ1) is 44.0. The third-order valence-electron chi connectivity index (χ3n) is 10.0. The molecule has 0 aromatic carbocycles. The van der Waals surface area contributed by atoms with Crippen molar-refractivity contribution in [3.63, 3.8) is 0 Å². The van der Waals surface area contributed by atoms with Crippen LogP contribution in [-0.2, 0) is 4.74 Å². The lowest BCUT2D eigenvalue weighted by atomic mass is 10.0. The van der Waals surface area contributed by atoms with Gasteiger partial charge in [0, 0.05) is 13.2 Å². The summed E-state index contributed by atoms with van der Waals surface area (Å²) in [5.74, 6) is 0. The molecule has 0 aromatic rings. The summed E-state index contributed by atoms with van der Waals surface area (Å²) < 4.78 is 5.89. The number of unbranched alkanes of at least 4 members (excludes halogenated alkanes) is 37. The van der Waals surface area contributed by atoms with Crippen molar-refractivity contribution in [2.24, 2.45) is 0 Å².